The molecule has 0 radical (unpaired) electrons. The lowest BCUT2D eigenvalue weighted by Gasteiger charge is -2.29. The molecule has 1 aliphatic heterocycles. The molecular formula is C15H29NO. The molecule has 2 nitrogen and oxygen atoms in total. The van der Waals surface area contributed by atoms with Crippen molar-refractivity contribution < 1.29 is 5.11 Å². The minimum Gasteiger partial charge on any atom is -0.392 e. The van der Waals surface area contributed by atoms with Crippen molar-refractivity contribution in [3.05, 3.63) is 0 Å². The molecule has 1 heterocycles. The second-order valence-electron chi connectivity index (χ2n) is 7.07. The van der Waals surface area contributed by atoms with Gasteiger partial charge in [0.15, 0.2) is 0 Å². The number of hydrogen-bond donors (Lipinski definition) is 1. The van der Waals surface area contributed by atoms with Gasteiger partial charge in [0.1, 0.15) is 0 Å². The average molecular weight is 239 g/mol. The second kappa shape index (κ2) is 5.27. The van der Waals surface area contributed by atoms with E-state index in [0.29, 0.717) is 5.92 Å². The van der Waals surface area contributed by atoms with Crippen LogP contribution < -0.4 is 0 Å². The molecule has 0 bridgehead atoms. The fraction of sp³-hybridized carbons (Fsp3) is 1.00. The predicted octanol–water partition coefficient (Wildman–Crippen LogP) is 2.91. The highest BCUT2D eigenvalue weighted by molar-refractivity contribution is 4.92. The van der Waals surface area contributed by atoms with Crippen molar-refractivity contribution in [2.45, 2.75) is 59.0 Å². The molecular weight excluding hydrogens is 210 g/mol. The van der Waals surface area contributed by atoms with Crippen LogP contribution in [0.25, 0.3) is 0 Å². The molecule has 0 aromatic rings. The summed E-state index contributed by atoms with van der Waals surface area (Å²) in [5.41, 5.74) is 0.143. The van der Waals surface area contributed by atoms with Crippen LogP contribution in [0.3, 0.4) is 0 Å². The highest BCUT2D eigenvalue weighted by Crippen LogP contribution is 2.41. The van der Waals surface area contributed by atoms with E-state index in [4.69, 9.17) is 0 Å². The van der Waals surface area contributed by atoms with Gasteiger partial charge in [-0.05, 0) is 62.4 Å². The summed E-state index contributed by atoms with van der Waals surface area (Å²) in [7, 11) is 0. The molecule has 1 saturated carbocycles. The largest absolute Gasteiger partial charge is 0.392 e. The van der Waals surface area contributed by atoms with Crippen LogP contribution in [0.15, 0.2) is 0 Å². The van der Waals surface area contributed by atoms with Crippen LogP contribution >= 0.6 is 0 Å². The summed E-state index contributed by atoms with van der Waals surface area (Å²) in [5.74, 6) is 1.41. The molecule has 100 valence electrons. The zero-order valence-corrected chi connectivity index (χ0v) is 11.8. The summed E-state index contributed by atoms with van der Waals surface area (Å²) in [5, 5.41) is 10.3. The summed E-state index contributed by atoms with van der Waals surface area (Å²) in [6.07, 6.45) is 6.36. The first-order valence-corrected chi connectivity index (χ1v) is 7.39. The first-order valence-electron chi connectivity index (χ1n) is 7.39. The van der Waals surface area contributed by atoms with Crippen LogP contribution in [0.5, 0.6) is 0 Å². The van der Waals surface area contributed by atoms with Crippen LogP contribution in [0.1, 0.15) is 52.9 Å². The first kappa shape index (κ1) is 13.4. The Labute approximate surface area is 106 Å². The molecule has 3 atom stereocenters. The van der Waals surface area contributed by atoms with E-state index in [1.165, 1.54) is 45.2 Å². The maximum atomic E-state index is 10.3. The van der Waals surface area contributed by atoms with Crippen LogP contribution in [-0.4, -0.2) is 35.7 Å². The quantitative estimate of drug-likeness (QED) is 0.801. The lowest BCUT2D eigenvalue weighted by molar-refractivity contribution is 0.0329. The lowest BCUT2D eigenvalue weighted by atomic mass is 9.87. The minimum absolute atomic E-state index is 0.0943. The molecule has 0 aromatic carbocycles. The van der Waals surface area contributed by atoms with E-state index < -0.39 is 0 Å². The zero-order chi connectivity index (χ0) is 12.5. The number of likely N-dealkylation sites (tertiary alicyclic amines) is 1. The van der Waals surface area contributed by atoms with Gasteiger partial charge in [0, 0.05) is 6.54 Å². The van der Waals surface area contributed by atoms with Crippen LogP contribution in [0, 0.1) is 17.3 Å². The molecule has 1 aliphatic carbocycles. The van der Waals surface area contributed by atoms with E-state index in [2.05, 4.69) is 25.7 Å². The van der Waals surface area contributed by atoms with Gasteiger partial charge in [0.05, 0.1) is 6.10 Å². The minimum atomic E-state index is -0.0943. The smallest absolute Gasteiger partial charge is 0.0631 e. The maximum absolute atomic E-state index is 10.3. The standard InChI is InChI=1S/C15H29NO/c1-12-5-4-9-16(10-7-12)11-13-6-8-15(2,3)14(13)17/h12-14,17H,4-11H2,1-3H3. The molecule has 1 saturated heterocycles. The van der Waals surface area contributed by atoms with Gasteiger partial charge in [0.25, 0.3) is 0 Å². The summed E-state index contributed by atoms with van der Waals surface area (Å²) >= 11 is 0. The number of hydrogen-bond acceptors (Lipinski definition) is 2. The van der Waals surface area contributed by atoms with Gasteiger partial charge in [-0.1, -0.05) is 20.8 Å². The lowest BCUT2D eigenvalue weighted by Crippen LogP contribution is -2.37. The molecule has 17 heavy (non-hydrogen) atoms. The van der Waals surface area contributed by atoms with Gasteiger partial charge in [0.2, 0.25) is 0 Å². The zero-order valence-electron chi connectivity index (χ0n) is 11.8. The van der Waals surface area contributed by atoms with Gasteiger partial charge in [-0.3, -0.25) is 0 Å². The molecule has 2 fully saturated rings. The fourth-order valence-electron chi connectivity index (χ4n) is 3.53. The summed E-state index contributed by atoms with van der Waals surface area (Å²) in [6.45, 7) is 10.4. The fourth-order valence-corrected chi connectivity index (χ4v) is 3.53. The van der Waals surface area contributed by atoms with Crippen LogP contribution in [0.4, 0.5) is 0 Å². The van der Waals surface area contributed by atoms with E-state index in [1.54, 1.807) is 0 Å². The Morgan fingerprint density at radius 3 is 2.59 bits per heavy atom. The van der Waals surface area contributed by atoms with Gasteiger partial charge >= 0.3 is 0 Å². The highest BCUT2D eigenvalue weighted by atomic mass is 16.3. The van der Waals surface area contributed by atoms with E-state index in [-0.39, 0.29) is 11.5 Å². The van der Waals surface area contributed by atoms with Gasteiger partial charge in [-0.25, -0.2) is 0 Å². The monoisotopic (exact) mass is 239 g/mol. The highest BCUT2D eigenvalue weighted by Gasteiger charge is 2.41. The van der Waals surface area contributed by atoms with Crippen molar-refractivity contribution in [2.24, 2.45) is 17.3 Å². The second-order valence-corrected chi connectivity index (χ2v) is 7.07. The molecule has 0 spiro atoms. The Hall–Kier alpha value is -0.0800. The van der Waals surface area contributed by atoms with Crippen LogP contribution in [-0.2, 0) is 0 Å². The number of aliphatic hydroxyl groups excluding tert-OH is 1. The Morgan fingerprint density at radius 2 is 1.94 bits per heavy atom. The van der Waals surface area contributed by atoms with Crippen molar-refractivity contribution >= 4 is 0 Å². The SMILES string of the molecule is CC1CCCN(CC2CCC(C)(C)C2O)CC1. The van der Waals surface area contributed by atoms with Gasteiger partial charge < -0.3 is 10.0 Å². The van der Waals surface area contributed by atoms with Crippen molar-refractivity contribution in [3.8, 4) is 0 Å². The average Bonchev–Trinajstić information content (AvgIpc) is 2.44. The van der Waals surface area contributed by atoms with Crippen molar-refractivity contribution in [1.29, 1.82) is 0 Å². The normalized spacial score (nSPS) is 39.2. The Balaban J connectivity index is 1.85. The van der Waals surface area contributed by atoms with Crippen molar-refractivity contribution in [3.63, 3.8) is 0 Å². The van der Waals surface area contributed by atoms with Crippen molar-refractivity contribution in [2.75, 3.05) is 19.6 Å². The third kappa shape index (κ3) is 3.23. The van der Waals surface area contributed by atoms with Crippen molar-refractivity contribution in [1.82, 2.24) is 4.90 Å². The molecule has 2 heteroatoms. The maximum Gasteiger partial charge on any atom is 0.0631 e. The number of rotatable bonds is 2. The molecule has 1 N–H and O–H groups in total. The van der Waals surface area contributed by atoms with Gasteiger partial charge in [-0.2, -0.15) is 0 Å². The summed E-state index contributed by atoms with van der Waals surface area (Å²) < 4.78 is 0. The molecule has 2 rings (SSSR count). The number of nitrogens with zero attached hydrogens (tertiary/aromatic N) is 1. The summed E-state index contributed by atoms with van der Waals surface area (Å²) in [4.78, 5) is 2.60. The molecule has 3 unspecified atom stereocenters. The van der Waals surface area contributed by atoms with E-state index in [9.17, 15) is 5.11 Å². The van der Waals surface area contributed by atoms with E-state index in [0.717, 1.165) is 12.5 Å². The van der Waals surface area contributed by atoms with E-state index >= 15 is 0 Å². The predicted molar refractivity (Wildman–Crippen MR) is 72.0 cm³/mol. The third-order valence-electron chi connectivity index (χ3n) is 5.01. The Kier molecular flexibility index (Phi) is 4.14. The Bertz CT molecular complexity index is 251. The van der Waals surface area contributed by atoms with Gasteiger partial charge in [-0.15, -0.1) is 0 Å². The molecule has 0 aromatic heterocycles. The molecule has 2 aliphatic rings. The topological polar surface area (TPSA) is 23.5 Å². The molecule has 0 amide bonds. The van der Waals surface area contributed by atoms with E-state index in [1.807, 2.05) is 0 Å². The third-order valence-corrected chi connectivity index (χ3v) is 5.01. The summed E-state index contributed by atoms with van der Waals surface area (Å²) in [6, 6.07) is 0. The Morgan fingerprint density at radius 1 is 1.18 bits per heavy atom. The number of aliphatic hydroxyl groups is 1. The van der Waals surface area contributed by atoms with Crippen LogP contribution in [0.2, 0.25) is 0 Å². The first-order chi connectivity index (χ1) is 7.99.